The van der Waals surface area contributed by atoms with Crippen LogP contribution in [0.5, 0.6) is 0 Å². The van der Waals surface area contributed by atoms with Crippen LogP contribution in [-0.2, 0) is 0 Å². The van der Waals surface area contributed by atoms with Crippen LogP contribution in [0, 0.1) is 23.5 Å². The molecule has 0 aromatic carbocycles. The average Bonchev–Trinajstić information content (AvgIpc) is 2.01. The minimum atomic E-state index is -1.67. The molecule has 0 atom stereocenters. The van der Waals surface area contributed by atoms with Crippen molar-refractivity contribution < 1.29 is 17.6 Å². The van der Waals surface area contributed by atoms with E-state index in [9.17, 15) is 17.6 Å². The molecular formula is C6HBr2F4N. The number of rotatable bonds is 1. The van der Waals surface area contributed by atoms with E-state index in [4.69, 9.17) is 0 Å². The third-order valence-electron chi connectivity index (χ3n) is 1.25. The summed E-state index contributed by atoms with van der Waals surface area (Å²) in [5.41, 5.74) is -0.773. The second-order valence-corrected chi connectivity index (χ2v) is 5.10. The highest BCUT2D eigenvalue weighted by Crippen LogP contribution is 2.34. The highest BCUT2D eigenvalue weighted by Gasteiger charge is 2.24. The summed E-state index contributed by atoms with van der Waals surface area (Å²) in [4.78, 5) is 2.39. The summed E-state index contributed by atoms with van der Waals surface area (Å²) in [6, 6.07) is 0. The summed E-state index contributed by atoms with van der Waals surface area (Å²) in [7, 11) is 0. The number of hydrogen-bond acceptors (Lipinski definition) is 1. The molecule has 0 fully saturated rings. The molecule has 0 aliphatic heterocycles. The Labute approximate surface area is 87.4 Å². The highest BCUT2D eigenvalue weighted by atomic mass is 79.9. The molecule has 13 heavy (non-hydrogen) atoms. The number of hydrogen-bond donors (Lipinski definition) is 0. The molecule has 0 aliphatic rings. The van der Waals surface area contributed by atoms with Gasteiger partial charge >= 0.3 is 0 Å². The molecule has 0 spiro atoms. The van der Waals surface area contributed by atoms with E-state index in [1.807, 2.05) is 0 Å². The van der Waals surface area contributed by atoms with Gasteiger partial charge in [0.15, 0.2) is 11.6 Å². The van der Waals surface area contributed by atoms with Crippen LogP contribution in [0.25, 0.3) is 0 Å². The Balaban J connectivity index is 3.46. The first-order chi connectivity index (χ1) is 5.95. The predicted molar refractivity (Wildman–Crippen MR) is 44.7 cm³/mol. The van der Waals surface area contributed by atoms with E-state index in [2.05, 4.69) is 36.8 Å². The van der Waals surface area contributed by atoms with Gasteiger partial charge in [-0.3, -0.25) is 0 Å². The fourth-order valence-corrected chi connectivity index (χ4v) is 1.50. The third kappa shape index (κ3) is 2.01. The maximum atomic E-state index is 12.8. The third-order valence-corrected chi connectivity index (χ3v) is 2.17. The predicted octanol–water partition coefficient (Wildman–Crippen LogP) is 3.43. The summed E-state index contributed by atoms with van der Waals surface area (Å²) >= 11 is 5.46. The van der Waals surface area contributed by atoms with E-state index >= 15 is 0 Å². The van der Waals surface area contributed by atoms with Crippen LogP contribution in [0.4, 0.5) is 17.6 Å². The maximum absolute atomic E-state index is 12.8. The number of nitrogens with zero attached hydrogens (tertiary/aromatic N) is 1. The van der Waals surface area contributed by atoms with Gasteiger partial charge in [-0.15, -0.1) is 0 Å². The summed E-state index contributed by atoms with van der Waals surface area (Å²) in [5.74, 6) is -6.37. The average molecular weight is 323 g/mol. The van der Waals surface area contributed by atoms with Crippen molar-refractivity contribution in [3.05, 3.63) is 29.1 Å². The second kappa shape index (κ2) is 3.91. The van der Waals surface area contributed by atoms with Crippen LogP contribution in [0.1, 0.15) is 9.30 Å². The van der Waals surface area contributed by atoms with Crippen molar-refractivity contribution in [1.29, 1.82) is 0 Å². The van der Waals surface area contributed by atoms with E-state index in [0.29, 0.717) is 0 Å². The Hall–Kier alpha value is -0.170. The Morgan fingerprint density at radius 2 is 1.31 bits per heavy atom. The van der Waals surface area contributed by atoms with Crippen LogP contribution < -0.4 is 0 Å². The quantitative estimate of drug-likeness (QED) is 0.438. The van der Waals surface area contributed by atoms with Gasteiger partial charge in [-0.1, -0.05) is 31.9 Å². The van der Waals surface area contributed by atoms with Gasteiger partial charge < -0.3 is 0 Å². The fourth-order valence-electron chi connectivity index (χ4n) is 0.695. The van der Waals surface area contributed by atoms with Gasteiger partial charge in [0.25, 0.3) is 11.9 Å². The Bertz CT molecular complexity index is 316. The van der Waals surface area contributed by atoms with Crippen LogP contribution >= 0.6 is 31.9 Å². The minimum absolute atomic E-state index is 0.773. The molecule has 1 heterocycles. The van der Waals surface area contributed by atoms with Crippen molar-refractivity contribution >= 4 is 31.9 Å². The summed E-state index contributed by atoms with van der Waals surface area (Å²) in [5, 5.41) is 0. The molecule has 0 saturated heterocycles. The largest absolute Gasteiger partial charge is 0.252 e. The lowest BCUT2D eigenvalue weighted by Crippen LogP contribution is -2.05. The zero-order chi connectivity index (χ0) is 10.2. The molecule has 1 nitrogen and oxygen atoms in total. The van der Waals surface area contributed by atoms with Crippen molar-refractivity contribution in [3.63, 3.8) is 0 Å². The Morgan fingerprint density at radius 1 is 0.923 bits per heavy atom. The van der Waals surface area contributed by atoms with Crippen molar-refractivity contribution in [2.75, 3.05) is 0 Å². The molecule has 0 N–H and O–H groups in total. The number of alkyl halides is 2. The monoisotopic (exact) mass is 321 g/mol. The lowest BCUT2D eigenvalue weighted by atomic mass is 10.3. The van der Waals surface area contributed by atoms with Gasteiger partial charge in [-0.05, 0) is 0 Å². The molecule has 0 radical (unpaired) electrons. The van der Waals surface area contributed by atoms with Gasteiger partial charge in [0.2, 0.25) is 0 Å². The first-order valence-corrected chi connectivity index (χ1v) is 4.76. The number of pyridine rings is 1. The number of halogens is 6. The standard InChI is InChI=1S/C6HBr2F4N/c7-4(8)1-2(9)5(11)13-6(12)3(1)10/h4H. The van der Waals surface area contributed by atoms with E-state index in [-0.39, 0.29) is 0 Å². The molecule has 72 valence electrons. The lowest BCUT2D eigenvalue weighted by molar-refractivity contribution is 0.399. The number of aromatic nitrogens is 1. The highest BCUT2D eigenvalue weighted by molar-refractivity contribution is 9.24. The van der Waals surface area contributed by atoms with Gasteiger partial charge in [-0.2, -0.15) is 13.8 Å². The molecule has 1 rings (SSSR count). The Kier molecular flexibility index (Phi) is 3.28. The lowest BCUT2D eigenvalue weighted by Gasteiger charge is -2.05. The van der Waals surface area contributed by atoms with E-state index in [1.54, 1.807) is 0 Å². The summed E-state index contributed by atoms with van der Waals surface area (Å²) in [6.45, 7) is 0. The van der Waals surface area contributed by atoms with Gasteiger partial charge in [0.05, 0.1) is 5.56 Å². The minimum Gasteiger partial charge on any atom is -0.201 e. The van der Waals surface area contributed by atoms with Crippen LogP contribution in [0.15, 0.2) is 0 Å². The zero-order valence-corrected chi connectivity index (χ0v) is 8.96. The first-order valence-electron chi connectivity index (χ1n) is 2.93. The molecule has 7 heteroatoms. The van der Waals surface area contributed by atoms with E-state index < -0.39 is 32.8 Å². The molecular weight excluding hydrogens is 322 g/mol. The fraction of sp³-hybridized carbons (Fsp3) is 0.167. The molecule has 0 unspecified atom stereocenters. The van der Waals surface area contributed by atoms with Crippen LogP contribution in [0.2, 0.25) is 0 Å². The Morgan fingerprint density at radius 3 is 1.62 bits per heavy atom. The van der Waals surface area contributed by atoms with Crippen molar-refractivity contribution in [1.82, 2.24) is 4.98 Å². The summed E-state index contributed by atoms with van der Waals surface area (Å²) in [6.07, 6.45) is 0. The maximum Gasteiger partial charge on any atom is 0.252 e. The van der Waals surface area contributed by atoms with E-state index in [1.165, 1.54) is 0 Å². The topological polar surface area (TPSA) is 12.9 Å². The first kappa shape index (κ1) is 10.9. The molecule has 0 amide bonds. The van der Waals surface area contributed by atoms with E-state index in [0.717, 1.165) is 0 Å². The molecule has 1 aromatic rings. The van der Waals surface area contributed by atoms with Crippen molar-refractivity contribution in [2.24, 2.45) is 0 Å². The normalized spacial score (nSPS) is 11.0. The van der Waals surface area contributed by atoms with Gasteiger partial charge in [-0.25, -0.2) is 8.78 Å². The van der Waals surface area contributed by atoms with Crippen molar-refractivity contribution in [2.45, 2.75) is 3.74 Å². The van der Waals surface area contributed by atoms with Crippen molar-refractivity contribution in [3.8, 4) is 0 Å². The van der Waals surface area contributed by atoms with Gasteiger partial charge in [0.1, 0.15) is 3.74 Å². The van der Waals surface area contributed by atoms with Crippen LogP contribution in [0.3, 0.4) is 0 Å². The van der Waals surface area contributed by atoms with Gasteiger partial charge in [0, 0.05) is 0 Å². The zero-order valence-electron chi connectivity index (χ0n) is 5.79. The second-order valence-electron chi connectivity index (χ2n) is 2.04. The van der Waals surface area contributed by atoms with Crippen LogP contribution in [-0.4, -0.2) is 4.98 Å². The molecule has 0 bridgehead atoms. The smallest absolute Gasteiger partial charge is 0.201 e. The SMILES string of the molecule is Fc1nc(F)c(F)c(C(Br)Br)c1F. The summed E-state index contributed by atoms with van der Waals surface area (Å²) < 4.78 is 49.5. The molecule has 1 aromatic heterocycles. The molecule has 0 saturated carbocycles. The molecule has 0 aliphatic carbocycles.